The number of ether oxygens (including phenoxy) is 3. The first-order valence-corrected chi connectivity index (χ1v) is 9.23. The lowest BCUT2D eigenvalue weighted by Crippen LogP contribution is -2.56. The Hall–Kier alpha value is -2.28. The van der Waals surface area contributed by atoms with Crippen molar-refractivity contribution in [1.82, 2.24) is 10.2 Å². The molecule has 1 aromatic rings. The van der Waals surface area contributed by atoms with Gasteiger partial charge >= 0.3 is 0 Å². The van der Waals surface area contributed by atoms with Gasteiger partial charge in [0, 0.05) is 24.7 Å². The molecule has 150 valence electrons. The fourth-order valence-electron chi connectivity index (χ4n) is 3.23. The van der Waals surface area contributed by atoms with Gasteiger partial charge in [0.1, 0.15) is 17.5 Å². The van der Waals surface area contributed by atoms with E-state index in [1.165, 1.54) is 14.2 Å². The van der Waals surface area contributed by atoms with Gasteiger partial charge in [-0.25, -0.2) is 0 Å². The summed E-state index contributed by atoms with van der Waals surface area (Å²) in [6.07, 6.45) is -0.0484. The maximum atomic E-state index is 13.1. The van der Waals surface area contributed by atoms with Gasteiger partial charge in [-0.2, -0.15) is 0 Å². The highest BCUT2D eigenvalue weighted by Gasteiger charge is 2.33. The molecule has 0 aromatic heterocycles. The van der Waals surface area contributed by atoms with Crippen molar-refractivity contribution in [2.24, 2.45) is 5.92 Å². The molecular formula is C20H30N2O5. The van der Waals surface area contributed by atoms with E-state index in [4.69, 9.17) is 14.2 Å². The number of methoxy groups -OCH3 is 2. The average Bonchev–Trinajstić information content (AvgIpc) is 2.63. The molecule has 1 N–H and O–H groups in total. The summed E-state index contributed by atoms with van der Waals surface area (Å²) in [6.45, 7) is 8.78. The minimum atomic E-state index is -0.618. The van der Waals surface area contributed by atoms with Crippen molar-refractivity contribution in [2.75, 3.05) is 27.3 Å². The summed E-state index contributed by atoms with van der Waals surface area (Å²) in [5.74, 6) is 0.553. The minimum absolute atomic E-state index is 0.0242. The van der Waals surface area contributed by atoms with Gasteiger partial charge in [-0.3, -0.25) is 9.59 Å². The van der Waals surface area contributed by atoms with E-state index in [0.717, 1.165) is 0 Å². The van der Waals surface area contributed by atoms with E-state index >= 15 is 0 Å². The van der Waals surface area contributed by atoms with Crippen LogP contribution in [0, 0.1) is 5.92 Å². The molecule has 27 heavy (non-hydrogen) atoms. The molecule has 1 aromatic carbocycles. The van der Waals surface area contributed by atoms with Crippen molar-refractivity contribution in [2.45, 2.75) is 45.9 Å². The fourth-order valence-corrected chi connectivity index (χ4v) is 3.23. The van der Waals surface area contributed by atoms with E-state index in [-0.39, 0.29) is 29.9 Å². The number of hydrogen-bond acceptors (Lipinski definition) is 5. The Morgan fingerprint density at radius 1 is 1.07 bits per heavy atom. The van der Waals surface area contributed by atoms with Gasteiger partial charge < -0.3 is 24.4 Å². The van der Waals surface area contributed by atoms with Crippen LogP contribution >= 0.6 is 0 Å². The van der Waals surface area contributed by atoms with E-state index < -0.39 is 6.04 Å². The topological polar surface area (TPSA) is 77.1 Å². The summed E-state index contributed by atoms with van der Waals surface area (Å²) in [5, 5.41) is 2.88. The van der Waals surface area contributed by atoms with Crippen molar-refractivity contribution in [3.05, 3.63) is 23.8 Å². The van der Waals surface area contributed by atoms with Crippen molar-refractivity contribution in [3.8, 4) is 11.5 Å². The highest BCUT2D eigenvalue weighted by atomic mass is 16.5. The largest absolute Gasteiger partial charge is 0.497 e. The van der Waals surface area contributed by atoms with Gasteiger partial charge in [-0.05, 0) is 31.9 Å². The second-order valence-corrected chi connectivity index (χ2v) is 7.30. The maximum absolute atomic E-state index is 13.1. The summed E-state index contributed by atoms with van der Waals surface area (Å²) in [4.78, 5) is 27.6. The second-order valence-electron chi connectivity index (χ2n) is 7.30. The molecule has 1 heterocycles. The van der Waals surface area contributed by atoms with Crippen LogP contribution in [0.4, 0.5) is 0 Å². The van der Waals surface area contributed by atoms with E-state index in [2.05, 4.69) is 5.32 Å². The fraction of sp³-hybridized carbons (Fsp3) is 0.600. The molecule has 7 nitrogen and oxygen atoms in total. The third-order valence-electron chi connectivity index (χ3n) is 4.56. The number of carbonyl (C=O) groups excluding carboxylic acids is 2. The molecule has 3 atom stereocenters. The number of carbonyl (C=O) groups is 2. The van der Waals surface area contributed by atoms with Crippen molar-refractivity contribution in [3.63, 3.8) is 0 Å². The third-order valence-corrected chi connectivity index (χ3v) is 4.56. The highest BCUT2D eigenvalue weighted by Crippen LogP contribution is 2.23. The molecule has 0 saturated carbocycles. The first-order chi connectivity index (χ1) is 12.7. The number of rotatable bonds is 6. The number of benzene rings is 1. The van der Waals surface area contributed by atoms with Crippen LogP contribution in [0.25, 0.3) is 0 Å². The van der Waals surface area contributed by atoms with E-state index in [0.29, 0.717) is 30.2 Å². The van der Waals surface area contributed by atoms with Crippen LogP contribution in [0.15, 0.2) is 18.2 Å². The lowest BCUT2D eigenvalue weighted by molar-refractivity contribution is -0.146. The Kier molecular flexibility index (Phi) is 7.07. The second kappa shape index (κ2) is 9.08. The van der Waals surface area contributed by atoms with Gasteiger partial charge in [-0.1, -0.05) is 13.8 Å². The zero-order valence-electron chi connectivity index (χ0n) is 16.9. The molecule has 2 rings (SSSR count). The first-order valence-electron chi connectivity index (χ1n) is 9.23. The molecule has 1 aliphatic heterocycles. The van der Waals surface area contributed by atoms with Crippen LogP contribution in [0.2, 0.25) is 0 Å². The average molecular weight is 378 g/mol. The van der Waals surface area contributed by atoms with Crippen LogP contribution in [-0.4, -0.2) is 62.3 Å². The Morgan fingerprint density at radius 3 is 2.04 bits per heavy atom. The Morgan fingerprint density at radius 2 is 1.59 bits per heavy atom. The number of amides is 2. The zero-order chi connectivity index (χ0) is 20.1. The Bertz CT molecular complexity index is 644. The molecule has 2 amide bonds. The van der Waals surface area contributed by atoms with Crippen molar-refractivity contribution < 1.29 is 23.8 Å². The molecule has 1 fully saturated rings. The number of morpholine rings is 1. The van der Waals surface area contributed by atoms with E-state index in [9.17, 15) is 9.59 Å². The zero-order valence-corrected chi connectivity index (χ0v) is 16.9. The molecule has 7 heteroatoms. The monoisotopic (exact) mass is 378 g/mol. The lowest BCUT2D eigenvalue weighted by atomic mass is 10.0. The highest BCUT2D eigenvalue weighted by molar-refractivity contribution is 5.98. The predicted molar refractivity (Wildman–Crippen MR) is 102 cm³/mol. The smallest absolute Gasteiger partial charge is 0.252 e. The molecule has 0 aliphatic carbocycles. The summed E-state index contributed by atoms with van der Waals surface area (Å²) >= 11 is 0. The standard InChI is InChI=1S/C20H30N2O5/c1-12(2)18(20(24)22-10-13(3)27-14(4)11-22)21-19(23)15-7-16(25-5)9-17(8-15)26-6/h7-9,12-14,18H,10-11H2,1-6H3,(H,21,23)/t13-,14-,18-/m0/s1. The van der Waals surface area contributed by atoms with Gasteiger partial charge in [0.25, 0.3) is 5.91 Å². The molecular weight excluding hydrogens is 348 g/mol. The SMILES string of the molecule is COc1cc(OC)cc(C(=O)N[C@H](C(=O)N2C[C@H](C)O[C@@H](C)C2)C(C)C)c1. The normalized spacial score (nSPS) is 20.9. The Labute approximate surface area is 161 Å². The molecule has 0 bridgehead atoms. The van der Waals surface area contributed by atoms with Crippen LogP contribution in [-0.2, 0) is 9.53 Å². The Balaban J connectivity index is 2.18. The molecule has 1 aliphatic rings. The summed E-state index contributed by atoms with van der Waals surface area (Å²) in [6, 6.07) is 4.32. The molecule has 0 unspecified atom stereocenters. The molecule has 0 radical (unpaired) electrons. The maximum Gasteiger partial charge on any atom is 0.252 e. The number of nitrogens with one attached hydrogen (secondary N) is 1. The van der Waals surface area contributed by atoms with Crippen LogP contribution in [0.5, 0.6) is 11.5 Å². The number of nitrogens with zero attached hydrogens (tertiary/aromatic N) is 1. The summed E-state index contributed by atoms with van der Waals surface area (Å²) in [5.41, 5.74) is 0.383. The third kappa shape index (κ3) is 5.35. The number of hydrogen-bond donors (Lipinski definition) is 1. The quantitative estimate of drug-likeness (QED) is 0.820. The lowest BCUT2D eigenvalue weighted by Gasteiger charge is -2.38. The van der Waals surface area contributed by atoms with Crippen LogP contribution in [0.1, 0.15) is 38.1 Å². The van der Waals surface area contributed by atoms with E-state index in [1.807, 2.05) is 27.7 Å². The van der Waals surface area contributed by atoms with Gasteiger partial charge in [0.15, 0.2) is 0 Å². The van der Waals surface area contributed by atoms with Crippen LogP contribution in [0.3, 0.4) is 0 Å². The molecule has 0 spiro atoms. The summed E-state index contributed by atoms with van der Waals surface area (Å²) in [7, 11) is 3.05. The van der Waals surface area contributed by atoms with Crippen molar-refractivity contribution >= 4 is 11.8 Å². The molecule has 1 saturated heterocycles. The van der Waals surface area contributed by atoms with Crippen LogP contribution < -0.4 is 14.8 Å². The van der Waals surface area contributed by atoms with E-state index in [1.54, 1.807) is 23.1 Å². The summed E-state index contributed by atoms with van der Waals surface area (Å²) < 4.78 is 16.1. The van der Waals surface area contributed by atoms with Gasteiger partial charge in [-0.15, -0.1) is 0 Å². The first kappa shape index (κ1) is 21.0. The van der Waals surface area contributed by atoms with Gasteiger partial charge in [0.05, 0.1) is 26.4 Å². The van der Waals surface area contributed by atoms with Crippen molar-refractivity contribution in [1.29, 1.82) is 0 Å². The van der Waals surface area contributed by atoms with Gasteiger partial charge in [0.2, 0.25) is 5.91 Å². The predicted octanol–water partition coefficient (Wildman–Crippen LogP) is 2.09. The minimum Gasteiger partial charge on any atom is -0.497 e.